The zero-order chi connectivity index (χ0) is 21.0. The highest BCUT2D eigenvalue weighted by molar-refractivity contribution is 7.15. The first-order chi connectivity index (χ1) is 13.8. The van der Waals surface area contributed by atoms with E-state index >= 15 is 0 Å². The van der Waals surface area contributed by atoms with Crippen molar-refractivity contribution < 1.29 is 18.0 Å². The van der Waals surface area contributed by atoms with Crippen LogP contribution in [0, 0.1) is 5.92 Å². The summed E-state index contributed by atoms with van der Waals surface area (Å²) in [6.45, 7) is 2.82. The Morgan fingerprint density at radius 2 is 1.97 bits per heavy atom. The van der Waals surface area contributed by atoms with Crippen LogP contribution in [0.5, 0.6) is 0 Å². The van der Waals surface area contributed by atoms with E-state index in [-0.39, 0.29) is 11.6 Å². The maximum atomic E-state index is 13.0. The van der Waals surface area contributed by atoms with Gasteiger partial charge in [0.1, 0.15) is 5.01 Å². The highest BCUT2D eigenvalue weighted by Gasteiger charge is 2.35. The largest absolute Gasteiger partial charge is 0.417 e. The van der Waals surface area contributed by atoms with Crippen molar-refractivity contribution in [1.29, 1.82) is 0 Å². The predicted octanol–water partition coefficient (Wildman–Crippen LogP) is 5.17. The first-order valence-corrected chi connectivity index (χ1v) is 10.7. The van der Waals surface area contributed by atoms with Gasteiger partial charge in [-0.15, -0.1) is 10.2 Å². The van der Waals surface area contributed by atoms with Crippen LogP contribution in [-0.2, 0) is 12.6 Å². The van der Waals surface area contributed by atoms with Gasteiger partial charge in [-0.3, -0.25) is 4.79 Å². The summed E-state index contributed by atoms with van der Waals surface area (Å²) in [6.07, 6.45) is -0.374. The molecule has 1 aromatic carbocycles. The van der Waals surface area contributed by atoms with Crippen molar-refractivity contribution in [2.24, 2.45) is 5.92 Å². The molecule has 0 atom stereocenters. The average molecular weight is 447 g/mol. The second-order valence-corrected chi connectivity index (χ2v) is 8.53. The Bertz CT molecular complexity index is 850. The molecule has 0 bridgehead atoms. The van der Waals surface area contributed by atoms with E-state index in [1.807, 2.05) is 6.92 Å². The van der Waals surface area contributed by atoms with Crippen LogP contribution in [0.3, 0.4) is 0 Å². The van der Waals surface area contributed by atoms with Crippen molar-refractivity contribution in [3.8, 4) is 0 Å². The zero-order valence-electron chi connectivity index (χ0n) is 15.9. The molecule has 0 aliphatic heterocycles. The lowest BCUT2D eigenvalue weighted by atomic mass is 9.86. The van der Waals surface area contributed by atoms with Gasteiger partial charge in [0.25, 0.3) is 5.91 Å². The Labute approximate surface area is 176 Å². The Morgan fingerprint density at radius 3 is 2.59 bits per heavy atom. The molecule has 5 nitrogen and oxygen atoms in total. The average Bonchev–Trinajstić information content (AvgIpc) is 3.15. The lowest BCUT2D eigenvalue weighted by Gasteiger charge is -2.29. The van der Waals surface area contributed by atoms with Gasteiger partial charge < -0.3 is 10.6 Å². The smallest absolute Gasteiger partial charge is 0.360 e. The molecule has 29 heavy (non-hydrogen) atoms. The van der Waals surface area contributed by atoms with E-state index in [4.69, 9.17) is 11.6 Å². The van der Waals surface area contributed by atoms with Crippen molar-refractivity contribution in [2.75, 3.05) is 11.9 Å². The number of amides is 1. The van der Waals surface area contributed by atoms with Gasteiger partial charge in [-0.2, -0.15) is 13.2 Å². The van der Waals surface area contributed by atoms with Crippen LogP contribution < -0.4 is 10.6 Å². The molecule has 0 saturated heterocycles. The van der Waals surface area contributed by atoms with Crippen LogP contribution in [0.15, 0.2) is 18.2 Å². The molecule has 1 saturated carbocycles. The van der Waals surface area contributed by atoms with Gasteiger partial charge in [-0.1, -0.05) is 35.9 Å². The van der Waals surface area contributed by atoms with Crippen LogP contribution in [0.1, 0.15) is 53.5 Å². The van der Waals surface area contributed by atoms with Crippen LogP contribution in [0.2, 0.25) is 5.02 Å². The molecule has 1 aromatic heterocycles. The number of nitrogens with zero attached hydrogens (tertiary/aromatic N) is 2. The summed E-state index contributed by atoms with van der Waals surface area (Å²) in [5.41, 5.74) is -1.14. The summed E-state index contributed by atoms with van der Waals surface area (Å²) >= 11 is 7.39. The van der Waals surface area contributed by atoms with Gasteiger partial charge in [0.05, 0.1) is 16.1 Å². The summed E-state index contributed by atoms with van der Waals surface area (Å²) in [6, 6.07) is 3.31. The van der Waals surface area contributed by atoms with Gasteiger partial charge in [-0.25, -0.2) is 0 Å². The number of carbonyl (C=O) groups is 1. The summed E-state index contributed by atoms with van der Waals surface area (Å²) in [5.74, 6) is -0.113. The van der Waals surface area contributed by atoms with Gasteiger partial charge >= 0.3 is 6.18 Å². The van der Waals surface area contributed by atoms with Crippen molar-refractivity contribution in [3.05, 3.63) is 39.4 Å². The van der Waals surface area contributed by atoms with Gasteiger partial charge in [0, 0.05) is 12.6 Å². The number of halogens is 4. The molecule has 0 unspecified atom stereocenters. The summed E-state index contributed by atoms with van der Waals surface area (Å²) in [5, 5.41) is 15.6. The fourth-order valence-corrected chi connectivity index (χ4v) is 4.41. The number of rotatable bonds is 6. The number of alkyl halides is 3. The highest BCUT2D eigenvalue weighted by atomic mass is 35.5. The predicted molar refractivity (Wildman–Crippen MR) is 107 cm³/mol. The number of aryl methyl sites for hydroxylation is 1. The van der Waals surface area contributed by atoms with E-state index in [0.717, 1.165) is 54.9 Å². The topological polar surface area (TPSA) is 66.9 Å². The maximum Gasteiger partial charge on any atom is 0.417 e. The van der Waals surface area contributed by atoms with E-state index in [2.05, 4.69) is 20.8 Å². The molecular weight excluding hydrogens is 425 g/mol. The number of nitrogens with one attached hydrogen (secondary N) is 2. The minimum absolute atomic E-state index is 0.0717. The Balaban J connectivity index is 1.50. The monoisotopic (exact) mass is 446 g/mol. The third-order valence-corrected chi connectivity index (χ3v) is 6.47. The fraction of sp³-hybridized carbons (Fsp3) is 0.526. The van der Waals surface area contributed by atoms with E-state index in [1.165, 1.54) is 12.1 Å². The van der Waals surface area contributed by atoms with Crippen LogP contribution in [0.4, 0.5) is 18.3 Å². The first-order valence-electron chi connectivity index (χ1n) is 9.50. The molecule has 0 radical (unpaired) electrons. The second-order valence-electron chi connectivity index (χ2n) is 7.09. The molecule has 10 heteroatoms. The normalized spacial score (nSPS) is 19.8. The van der Waals surface area contributed by atoms with Crippen molar-refractivity contribution >= 4 is 34.0 Å². The third kappa shape index (κ3) is 5.60. The fourth-order valence-electron chi connectivity index (χ4n) is 3.40. The number of hydrogen-bond donors (Lipinski definition) is 2. The van der Waals surface area contributed by atoms with E-state index < -0.39 is 22.7 Å². The van der Waals surface area contributed by atoms with Crippen LogP contribution in [-0.4, -0.2) is 28.7 Å². The molecule has 1 aliphatic carbocycles. The van der Waals surface area contributed by atoms with Crippen molar-refractivity contribution in [3.63, 3.8) is 0 Å². The van der Waals surface area contributed by atoms with Crippen molar-refractivity contribution in [2.45, 2.75) is 51.2 Å². The Morgan fingerprint density at radius 1 is 1.24 bits per heavy atom. The number of carbonyl (C=O) groups excluding carboxylic acids is 1. The molecule has 2 N–H and O–H groups in total. The lowest BCUT2D eigenvalue weighted by molar-refractivity contribution is -0.137. The quantitative estimate of drug-likeness (QED) is 0.642. The summed E-state index contributed by atoms with van der Waals surface area (Å²) in [4.78, 5) is 12.4. The van der Waals surface area contributed by atoms with E-state index in [0.29, 0.717) is 5.92 Å². The minimum atomic E-state index is -4.59. The molecule has 1 amide bonds. The SMILES string of the molecule is CCc1nnc(NCC2CCC(NC(=O)c3cccc(C(F)(F)F)c3Cl)CC2)s1. The number of anilines is 1. The summed E-state index contributed by atoms with van der Waals surface area (Å²) in [7, 11) is 0. The molecule has 1 fully saturated rings. The number of aromatic nitrogens is 2. The maximum absolute atomic E-state index is 13.0. The molecule has 2 aromatic rings. The Kier molecular flexibility index (Phi) is 7.00. The molecule has 3 rings (SSSR count). The second kappa shape index (κ2) is 9.30. The molecule has 1 heterocycles. The van der Waals surface area contributed by atoms with Gasteiger partial charge in [0.15, 0.2) is 0 Å². The lowest BCUT2D eigenvalue weighted by Crippen LogP contribution is -2.38. The summed E-state index contributed by atoms with van der Waals surface area (Å²) < 4.78 is 38.9. The highest BCUT2D eigenvalue weighted by Crippen LogP contribution is 2.36. The minimum Gasteiger partial charge on any atom is -0.360 e. The standard InChI is InChI=1S/C19H22ClF3N4OS/c1-2-15-26-27-18(29-15)24-10-11-6-8-12(9-7-11)25-17(28)13-4-3-5-14(16(13)20)19(21,22)23/h3-5,11-12H,2,6-10H2,1H3,(H,24,27)(H,25,28). The van der Waals surface area contributed by atoms with Crippen LogP contribution >= 0.6 is 22.9 Å². The molecule has 158 valence electrons. The molecule has 1 aliphatic rings. The number of benzene rings is 1. The van der Waals surface area contributed by atoms with E-state index in [1.54, 1.807) is 11.3 Å². The van der Waals surface area contributed by atoms with Gasteiger partial charge in [-0.05, 0) is 50.2 Å². The number of hydrogen-bond acceptors (Lipinski definition) is 5. The van der Waals surface area contributed by atoms with Crippen LogP contribution in [0.25, 0.3) is 0 Å². The first kappa shape index (κ1) is 21.8. The molecule has 0 spiro atoms. The zero-order valence-corrected chi connectivity index (χ0v) is 17.4. The molecular formula is C19H22ClF3N4OS. The van der Waals surface area contributed by atoms with E-state index in [9.17, 15) is 18.0 Å². The Hall–Kier alpha value is -1.87. The third-order valence-electron chi connectivity index (χ3n) is 5.04. The van der Waals surface area contributed by atoms with Gasteiger partial charge in [0.2, 0.25) is 5.13 Å². The van der Waals surface area contributed by atoms with Crippen molar-refractivity contribution in [1.82, 2.24) is 15.5 Å².